The van der Waals surface area contributed by atoms with Crippen molar-refractivity contribution < 1.29 is 13.9 Å². The first kappa shape index (κ1) is 11.0. The summed E-state index contributed by atoms with van der Waals surface area (Å²) in [5.74, 6) is 1.94. The number of oxazole rings is 1. The molecule has 0 amide bonds. The maximum atomic E-state index is 12.4. The Labute approximate surface area is 105 Å². The predicted molar refractivity (Wildman–Crippen MR) is 65.1 cm³/mol. The molecule has 1 aromatic heterocycles. The number of carbonyl (C=O) groups excluding carboxylic acids is 1. The number of carbonyl (C=O) groups is 1. The van der Waals surface area contributed by atoms with E-state index >= 15 is 0 Å². The highest BCUT2D eigenvalue weighted by molar-refractivity contribution is 6.09. The van der Waals surface area contributed by atoms with Gasteiger partial charge in [-0.1, -0.05) is 0 Å². The minimum absolute atomic E-state index is 0.0583. The summed E-state index contributed by atoms with van der Waals surface area (Å²) >= 11 is 0. The molecule has 0 fully saturated rings. The summed E-state index contributed by atoms with van der Waals surface area (Å²) in [4.78, 5) is 16.6. The molecule has 0 saturated heterocycles. The standard InChI is InChI=1S/C14H13NO3/c1-8-15-13-12(18-8)6-3-9-7-10(17-2)4-5-11(9)14(13)16/h4-5,7H,3,6H2,1-2H3. The van der Waals surface area contributed by atoms with Gasteiger partial charge in [-0.15, -0.1) is 0 Å². The lowest BCUT2D eigenvalue weighted by Gasteiger charge is -2.06. The number of benzene rings is 1. The fourth-order valence-electron chi connectivity index (χ4n) is 2.32. The highest BCUT2D eigenvalue weighted by Gasteiger charge is 2.26. The van der Waals surface area contributed by atoms with E-state index in [4.69, 9.17) is 9.15 Å². The van der Waals surface area contributed by atoms with E-state index in [2.05, 4.69) is 4.98 Å². The zero-order chi connectivity index (χ0) is 12.7. The van der Waals surface area contributed by atoms with Crippen LogP contribution in [0.2, 0.25) is 0 Å². The summed E-state index contributed by atoms with van der Waals surface area (Å²) in [6.45, 7) is 1.76. The highest BCUT2D eigenvalue weighted by Crippen LogP contribution is 2.27. The summed E-state index contributed by atoms with van der Waals surface area (Å²) in [6, 6.07) is 5.51. The van der Waals surface area contributed by atoms with Gasteiger partial charge in [0.25, 0.3) is 0 Å². The second kappa shape index (κ2) is 3.98. The Balaban J connectivity index is 2.13. The summed E-state index contributed by atoms with van der Waals surface area (Å²) in [6.07, 6.45) is 1.46. The Hall–Kier alpha value is -2.10. The van der Waals surface area contributed by atoms with Gasteiger partial charge in [0, 0.05) is 18.9 Å². The average Bonchev–Trinajstić information content (AvgIpc) is 2.71. The zero-order valence-corrected chi connectivity index (χ0v) is 10.3. The van der Waals surface area contributed by atoms with Crippen LogP contribution >= 0.6 is 0 Å². The van der Waals surface area contributed by atoms with E-state index in [1.54, 1.807) is 26.2 Å². The molecule has 0 unspecified atom stereocenters. The van der Waals surface area contributed by atoms with Crippen molar-refractivity contribution in [1.82, 2.24) is 4.98 Å². The van der Waals surface area contributed by atoms with Crippen molar-refractivity contribution in [3.8, 4) is 5.75 Å². The monoisotopic (exact) mass is 243 g/mol. The number of rotatable bonds is 1. The van der Waals surface area contributed by atoms with E-state index in [0.717, 1.165) is 17.7 Å². The van der Waals surface area contributed by atoms with Crippen LogP contribution in [0.1, 0.15) is 33.3 Å². The van der Waals surface area contributed by atoms with Crippen LogP contribution in [0, 0.1) is 6.92 Å². The number of hydrogen-bond acceptors (Lipinski definition) is 4. The number of methoxy groups -OCH3 is 1. The molecule has 0 aliphatic heterocycles. The number of aryl methyl sites for hydroxylation is 3. The number of aromatic nitrogens is 1. The van der Waals surface area contributed by atoms with Crippen molar-refractivity contribution in [2.45, 2.75) is 19.8 Å². The predicted octanol–water partition coefficient (Wildman–Crippen LogP) is 2.32. The van der Waals surface area contributed by atoms with Crippen LogP contribution in [0.3, 0.4) is 0 Å². The van der Waals surface area contributed by atoms with E-state index in [-0.39, 0.29) is 5.78 Å². The molecule has 4 heteroatoms. The summed E-state index contributed by atoms with van der Waals surface area (Å²) < 4.78 is 10.7. The number of ketones is 1. The van der Waals surface area contributed by atoms with Crippen LogP contribution < -0.4 is 4.74 Å². The Morgan fingerprint density at radius 3 is 2.94 bits per heavy atom. The van der Waals surface area contributed by atoms with Crippen LogP contribution in [0.4, 0.5) is 0 Å². The van der Waals surface area contributed by atoms with Crippen molar-refractivity contribution in [2.75, 3.05) is 7.11 Å². The van der Waals surface area contributed by atoms with E-state index in [1.807, 2.05) is 6.07 Å². The lowest BCUT2D eigenvalue weighted by atomic mass is 10.0. The van der Waals surface area contributed by atoms with Crippen LogP contribution in [-0.4, -0.2) is 17.9 Å². The van der Waals surface area contributed by atoms with Gasteiger partial charge < -0.3 is 9.15 Å². The molecule has 4 nitrogen and oxygen atoms in total. The largest absolute Gasteiger partial charge is 0.497 e. The average molecular weight is 243 g/mol. The molecular formula is C14H13NO3. The fourth-order valence-corrected chi connectivity index (χ4v) is 2.32. The highest BCUT2D eigenvalue weighted by atomic mass is 16.5. The Morgan fingerprint density at radius 2 is 2.17 bits per heavy atom. The summed E-state index contributed by atoms with van der Waals surface area (Å²) in [5.41, 5.74) is 2.14. The molecule has 2 aromatic rings. The first-order valence-electron chi connectivity index (χ1n) is 5.87. The normalized spacial score (nSPS) is 13.8. The van der Waals surface area contributed by atoms with Gasteiger partial charge in [0.15, 0.2) is 11.6 Å². The first-order valence-corrected chi connectivity index (χ1v) is 5.87. The molecule has 0 radical (unpaired) electrons. The van der Waals surface area contributed by atoms with Gasteiger partial charge in [0.2, 0.25) is 5.78 Å². The quantitative estimate of drug-likeness (QED) is 0.771. The molecular weight excluding hydrogens is 230 g/mol. The van der Waals surface area contributed by atoms with E-state index in [0.29, 0.717) is 29.3 Å². The summed E-state index contributed by atoms with van der Waals surface area (Å²) in [7, 11) is 1.62. The van der Waals surface area contributed by atoms with Gasteiger partial charge in [-0.25, -0.2) is 4.98 Å². The third-order valence-electron chi connectivity index (χ3n) is 3.20. The smallest absolute Gasteiger partial charge is 0.215 e. The van der Waals surface area contributed by atoms with Crippen molar-refractivity contribution in [2.24, 2.45) is 0 Å². The molecule has 3 rings (SSSR count). The second-order valence-electron chi connectivity index (χ2n) is 4.36. The molecule has 92 valence electrons. The van der Waals surface area contributed by atoms with Crippen molar-refractivity contribution in [3.63, 3.8) is 0 Å². The summed E-state index contributed by atoms with van der Waals surface area (Å²) in [5, 5.41) is 0. The number of ether oxygens (including phenoxy) is 1. The number of nitrogens with zero attached hydrogens (tertiary/aromatic N) is 1. The van der Waals surface area contributed by atoms with Crippen molar-refractivity contribution >= 4 is 5.78 Å². The molecule has 1 aliphatic rings. The second-order valence-corrected chi connectivity index (χ2v) is 4.36. The molecule has 1 heterocycles. The molecule has 1 aromatic carbocycles. The maximum Gasteiger partial charge on any atom is 0.215 e. The zero-order valence-electron chi connectivity index (χ0n) is 10.3. The van der Waals surface area contributed by atoms with Crippen molar-refractivity contribution in [3.05, 3.63) is 46.7 Å². The van der Waals surface area contributed by atoms with Gasteiger partial charge in [-0.2, -0.15) is 0 Å². The van der Waals surface area contributed by atoms with E-state index in [9.17, 15) is 4.79 Å². The molecule has 0 N–H and O–H groups in total. The number of hydrogen-bond donors (Lipinski definition) is 0. The Kier molecular flexibility index (Phi) is 2.44. The molecule has 0 atom stereocenters. The topological polar surface area (TPSA) is 52.3 Å². The lowest BCUT2D eigenvalue weighted by molar-refractivity contribution is 0.103. The van der Waals surface area contributed by atoms with Gasteiger partial charge in [0.1, 0.15) is 11.5 Å². The van der Waals surface area contributed by atoms with Gasteiger partial charge >= 0.3 is 0 Å². The number of fused-ring (bicyclic) bond motifs is 2. The Morgan fingerprint density at radius 1 is 1.33 bits per heavy atom. The SMILES string of the molecule is COc1ccc2c(c1)CCc1oc(C)nc1C2=O. The van der Waals surface area contributed by atoms with Gasteiger partial charge in [-0.05, 0) is 30.2 Å². The van der Waals surface area contributed by atoms with E-state index in [1.165, 1.54) is 0 Å². The minimum Gasteiger partial charge on any atom is -0.497 e. The third-order valence-corrected chi connectivity index (χ3v) is 3.20. The van der Waals surface area contributed by atoms with Gasteiger partial charge in [0.05, 0.1) is 7.11 Å². The molecule has 1 aliphatic carbocycles. The Bertz CT molecular complexity index is 628. The third kappa shape index (κ3) is 1.61. The molecule has 0 saturated carbocycles. The van der Waals surface area contributed by atoms with Crippen molar-refractivity contribution in [1.29, 1.82) is 0 Å². The van der Waals surface area contributed by atoms with E-state index < -0.39 is 0 Å². The fraction of sp³-hybridized carbons (Fsp3) is 0.286. The van der Waals surface area contributed by atoms with Crippen LogP contribution in [0.5, 0.6) is 5.75 Å². The molecule has 0 bridgehead atoms. The van der Waals surface area contributed by atoms with Gasteiger partial charge in [-0.3, -0.25) is 4.79 Å². The molecule has 18 heavy (non-hydrogen) atoms. The first-order chi connectivity index (χ1) is 8.69. The van der Waals surface area contributed by atoms with Crippen LogP contribution in [-0.2, 0) is 12.8 Å². The van der Waals surface area contributed by atoms with Crippen LogP contribution in [0.15, 0.2) is 22.6 Å². The van der Waals surface area contributed by atoms with Crippen LogP contribution in [0.25, 0.3) is 0 Å². The minimum atomic E-state index is -0.0583. The lowest BCUT2D eigenvalue weighted by Crippen LogP contribution is -2.04. The molecule has 0 spiro atoms. The maximum absolute atomic E-state index is 12.4.